The summed E-state index contributed by atoms with van der Waals surface area (Å²) in [5.41, 5.74) is 2.25. The van der Waals surface area contributed by atoms with Crippen LogP contribution in [0.4, 0.5) is 0 Å². The lowest BCUT2D eigenvalue weighted by Gasteiger charge is -2.07. The Hall–Kier alpha value is -2.68. The summed E-state index contributed by atoms with van der Waals surface area (Å²) in [5, 5.41) is 0. The highest BCUT2D eigenvalue weighted by molar-refractivity contribution is 6.21. The minimum absolute atomic E-state index is 0.211. The molecular formula is C20H20O3. The molecule has 0 spiro atoms. The number of allylic oxidation sites excluding steroid dienone is 1. The Balaban J connectivity index is 1.95. The summed E-state index contributed by atoms with van der Waals surface area (Å²) in [7, 11) is 0. The normalized spacial score (nSPS) is 10.0. The Morgan fingerprint density at radius 3 is 2.09 bits per heavy atom. The lowest BCUT2D eigenvalue weighted by molar-refractivity contribution is -0.119. The Morgan fingerprint density at radius 1 is 0.913 bits per heavy atom. The van der Waals surface area contributed by atoms with Crippen LogP contribution >= 0.6 is 0 Å². The van der Waals surface area contributed by atoms with Gasteiger partial charge in [0.25, 0.3) is 0 Å². The Kier molecular flexibility index (Phi) is 5.87. The van der Waals surface area contributed by atoms with Gasteiger partial charge in [-0.2, -0.15) is 0 Å². The van der Waals surface area contributed by atoms with Crippen LogP contribution in [-0.2, 0) is 16.0 Å². The molecule has 118 valence electrons. The first-order valence-corrected chi connectivity index (χ1v) is 7.56. The van der Waals surface area contributed by atoms with E-state index in [-0.39, 0.29) is 17.1 Å². The number of hydrogen-bond donors (Lipinski definition) is 0. The quantitative estimate of drug-likeness (QED) is 0.443. The molecule has 0 aliphatic heterocycles. The van der Waals surface area contributed by atoms with E-state index in [2.05, 4.69) is 12.1 Å². The third kappa shape index (κ3) is 5.22. The maximum Gasteiger partial charge on any atom is 0.163 e. The van der Waals surface area contributed by atoms with Crippen molar-refractivity contribution in [2.24, 2.45) is 0 Å². The first-order chi connectivity index (χ1) is 11.1. The van der Waals surface area contributed by atoms with E-state index in [1.807, 2.05) is 42.5 Å². The van der Waals surface area contributed by atoms with Gasteiger partial charge in [-0.1, -0.05) is 42.5 Å². The molecule has 3 heteroatoms. The number of hydrogen-bond acceptors (Lipinski definition) is 3. The fourth-order valence-corrected chi connectivity index (χ4v) is 2.21. The summed E-state index contributed by atoms with van der Waals surface area (Å²) >= 11 is 0. The predicted molar refractivity (Wildman–Crippen MR) is 91.4 cm³/mol. The summed E-state index contributed by atoms with van der Waals surface area (Å²) in [4.78, 5) is 22.8. The molecule has 0 aliphatic rings. The maximum atomic E-state index is 11.4. The molecule has 3 nitrogen and oxygen atoms in total. The van der Waals surface area contributed by atoms with Gasteiger partial charge in [0.2, 0.25) is 0 Å². The predicted octanol–water partition coefficient (Wildman–Crippen LogP) is 3.87. The van der Waals surface area contributed by atoms with Crippen LogP contribution in [0.5, 0.6) is 5.75 Å². The van der Waals surface area contributed by atoms with E-state index in [9.17, 15) is 9.59 Å². The van der Waals surface area contributed by atoms with E-state index in [1.165, 1.54) is 19.4 Å². The van der Waals surface area contributed by atoms with Gasteiger partial charge in [-0.3, -0.25) is 9.59 Å². The molecule has 2 aromatic rings. The fraction of sp³-hybridized carbons (Fsp3) is 0.200. The Labute approximate surface area is 136 Å². The second-order valence-corrected chi connectivity index (χ2v) is 5.32. The smallest absolute Gasteiger partial charge is 0.163 e. The van der Waals surface area contributed by atoms with E-state index < -0.39 is 0 Å². The largest absolute Gasteiger partial charge is 0.493 e. The zero-order valence-electron chi connectivity index (χ0n) is 13.4. The van der Waals surface area contributed by atoms with E-state index in [4.69, 9.17) is 4.74 Å². The van der Waals surface area contributed by atoms with Crippen LogP contribution in [0, 0.1) is 0 Å². The fourth-order valence-electron chi connectivity index (χ4n) is 2.21. The average molecular weight is 308 g/mol. The molecule has 0 aromatic heterocycles. The number of Topliss-reactive ketones (excluding diaryl/α,β-unsaturated/α-hetero) is 2. The molecule has 0 fully saturated rings. The molecule has 0 bridgehead atoms. The number of benzene rings is 2. The number of carbonyl (C=O) groups excluding carboxylic acids is 2. The van der Waals surface area contributed by atoms with Crippen molar-refractivity contribution in [1.29, 1.82) is 0 Å². The van der Waals surface area contributed by atoms with Crippen molar-refractivity contribution < 1.29 is 14.3 Å². The van der Waals surface area contributed by atoms with Crippen LogP contribution in [0.1, 0.15) is 25.0 Å². The highest BCUT2D eigenvalue weighted by Crippen LogP contribution is 2.16. The zero-order valence-corrected chi connectivity index (χ0v) is 13.4. The van der Waals surface area contributed by atoms with Crippen molar-refractivity contribution in [2.75, 3.05) is 6.61 Å². The second-order valence-electron chi connectivity index (χ2n) is 5.32. The minimum Gasteiger partial charge on any atom is -0.493 e. The molecule has 0 amide bonds. The van der Waals surface area contributed by atoms with E-state index in [0.29, 0.717) is 6.61 Å². The summed E-state index contributed by atoms with van der Waals surface area (Å²) < 4.78 is 5.71. The van der Waals surface area contributed by atoms with Gasteiger partial charge >= 0.3 is 0 Å². The molecule has 0 aliphatic carbocycles. The minimum atomic E-state index is -0.222. The van der Waals surface area contributed by atoms with Crippen LogP contribution in [0.25, 0.3) is 6.08 Å². The Morgan fingerprint density at radius 2 is 1.52 bits per heavy atom. The molecule has 0 unspecified atom stereocenters. The number of ether oxygens (including phenoxy) is 1. The first-order valence-electron chi connectivity index (χ1n) is 7.56. The number of carbonyl (C=O) groups is 2. The van der Waals surface area contributed by atoms with Gasteiger partial charge in [-0.25, -0.2) is 0 Å². The molecule has 2 rings (SSSR count). The average Bonchev–Trinajstić information content (AvgIpc) is 2.54. The zero-order chi connectivity index (χ0) is 16.7. The molecule has 0 N–H and O–H groups in total. The molecule has 2 aromatic carbocycles. The standard InChI is InChI=1S/C20H20O3/c1-15(21)20(16(2)22)14-18-8-10-19(11-9-18)23-13-12-17-6-4-3-5-7-17/h3-11,14H,12-13H2,1-2H3. The van der Waals surface area contributed by atoms with Gasteiger partial charge in [0.15, 0.2) is 11.6 Å². The van der Waals surface area contributed by atoms with Crippen LogP contribution in [0.15, 0.2) is 60.2 Å². The van der Waals surface area contributed by atoms with Crippen LogP contribution in [0.3, 0.4) is 0 Å². The molecule has 0 saturated heterocycles. The Bertz CT molecular complexity index is 681. The lowest BCUT2D eigenvalue weighted by Crippen LogP contribution is -2.05. The third-order valence-electron chi connectivity index (χ3n) is 3.45. The second kappa shape index (κ2) is 8.08. The summed E-state index contributed by atoms with van der Waals surface area (Å²) in [6.07, 6.45) is 2.46. The van der Waals surface area contributed by atoms with Crippen molar-refractivity contribution in [1.82, 2.24) is 0 Å². The van der Waals surface area contributed by atoms with Gasteiger partial charge in [0.1, 0.15) is 5.75 Å². The highest BCUT2D eigenvalue weighted by Gasteiger charge is 2.09. The lowest BCUT2D eigenvalue weighted by atomic mass is 10.0. The number of rotatable bonds is 7. The number of ketones is 2. The van der Waals surface area contributed by atoms with Gasteiger partial charge in [0, 0.05) is 6.42 Å². The van der Waals surface area contributed by atoms with Crippen molar-refractivity contribution in [2.45, 2.75) is 20.3 Å². The highest BCUT2D eigenvalue weighted by atomic mass is 16.5. The summed E-state index contributed by atoms with van der Waals surface area (Å²) in [6, 6.07) is 17.5. The monoisotopic (exact) mass is 308 g/mol. The topological polar surface area (TPSA) is 43.4 Å². The summed E-state index contributed by atoms with van der Waals surface area (Å²) in [6.45, 7) is 3.40. The molecule has 0 radical (unpaired) electrons. The SMILES string of the molecule is CC(=O)C(=Cc1ccc(OCCc2ccccc2)cc1)C(C)=O. The van der Waals surface area contributed by atoms with E-state index in [1.54, 1.807) is 6.08 Å². The van der Waals surface area contributed by atoms with Crippen molar-refractivity contribution in [3.63, 3.8) is 0 Å². The molecular weight excluding hydrogens is 288 g/mol. The van der Waals surface area contributed by atoms with Gasteiger partial charge in [0.05, 0.1) is 12.2 Å². The van der Waals surface area contributed by atoms with Crippen LogP contribution in [0.2, 0.25) is 0 Å². The van der Waals surface area contributed by atoms with E-state index >= 15 is 0 Å². The van der Waals surface area contributed by atoms with Crippen LogP contribution in [-0.4, -0.2) is 18.2 Å². The van der Waals surface area contributed by atoms with Gasteiger partial charge in [-0.05, 0) is 43.2 Å². The third-order valence-corrected chi connectivity index (χ3v) is 3.45. The van der Waals surface area contributed by atoms with Crippen molar-refractivity contribution in [3.05, 3.63) is 71.3 Å². The van der Waals surface area contributed by atoms with Gasteiger partial charge in [-0.15, -0.1) is 0 Å². The van der Waals surface area contributed by atoms with Crippen molar-refractivity contribution in [3.8, 4) is 5.75 Å². The maximum absolute atomic E-state index is 11.4. The summed E-state index contributed by atoms with van der Waals surface area (Å²) in [5.74, 6) is 0.326. The van der Waals surface area contributed by atoms with Gasteiger partial charge < -0.3 is 4.74 Å². The first kappa shape index (κ1) is 16.7. The molecule has 0 heterocycles. The molecule has 0 saturated carbocycles. The van der Waals surface area contributed by atoms with Crippen LogP contribution < -0.4 is 4.74 Å². The molecule has 0 atom stereocenters. The van der Waals surface area contributed by atoms with E-state index in [0.717, 1.165) is 17.7 Å². The van der Waals surface area contributed by atoms with Crippen molar-refractivity contribution >= 4 is 17.6 Å². The molecule has 23 heavy (non-hydrogen) atoms.